The van der Waals surface area contributed by atoms with E-state index < -0.39 is 91.5 Å². The molecule has 0 radical (unpaired) electrons. The molecule has 0 bridgehead atoms. The van der Waals surface area contributed by atoms with Crippen molar-refractivity contribution < 1.29 is 75.8 Å². The number of hydrogen-bond acceptors (Lipinski definition) is 14. The number of phosphoric ester groups is 2. The van der Waals surface area contributed by atoms with Gasteiger partial charge in [-0.05, 0) is 154 Å². The molecule has 16 nitrogen and oxygen atoms in total. The van der Waals surface area contributed by atoms with E-state index in [1.807, 2.05) is 0 Å². The molecule has 670 valence electrons. The van der Waals surface area contributed by atoms with E-state index in [-0.39, 0.29) is 19.3 Å². The van der Waals surface area contributed by atoms with Gasteiger partial charge in [-0.3, -0.25) is 32.5 Å². The summed E-state index contributed by atoms with van der Waals surface area (Å²) in [5.41, 5.74) is 0. The first kappa shape index (κ1) is 112. The van der Waals surface area contributed by atoms with Crippen LogP contribution in [0.25, 0.3) is 0 Å². The molecule has 0 spiro atoms. The van der Waals surface area contributed by atoms with Crippen LogP contribution in [0.5, 0.6) is 0 Å². The highest BCUT2D eigenvalue weighted by molar-refractivity contribution is 7.47. The first-order valence-corrected chi connectivity index (χ1v) is 49.4. The fourth-order valence-corrected chi connectivity index (χ4v) is 14.0. The Morgan fingerprint density at radius 3 is 0.718 bits per heavy atom. The summed E-state index contributed by atoms with van der Waals surface area (Å²) in [5.74, 6) is -1.58. The van der Waals surface area contributed by atoms with E-state index >= 15 is 0 Å². The number of allylic oxidation sites excluding steroid dienone is 28. The Morgan fingerprint density at radius 1 is 0.248 bits per heavy atom. The second-order valence-corrected chi connectivity index (χ2v) is 33.6. The van der Waals surface area contributed by atoms with Gasteiger partial charge in [-0.1, -0.05) is 377 Å². The molecule has 0 aromatic rings. The standard InChI is InChI=1S/C99H168O16P2/c1-4-7-10-13-16-19-22-25-28-31-34-37-40-42-44-45-46-47-49-51-53-55-58-61-64-67-70-73-76-79-82-85-97(102)109-88-94(100)89-111-116(105,106)112-90-95(101)91-113-117(107,108)114-93-96(115-99(104)87-84-81-78-75-72-69-66-63-60-57-52-39-36-33-30-27-24-21-18-15-12-9-6-3)92-110-98(103)86-83-80-77-74-71-68-65-62-59-56-54-50-48-43-41-38-35-32-29-26-23-20-17-14-11-8-5-2/h7,9-10,12,16-21,25-30,34-39,42-44,48,57,60,94-96,100-101H,4-6,8,11,13-15,22-24,31-33,40-41,45-47,49-56,58-59,61-93H2,1-3H3,(H,105,106)(H,107,108)/b10-7-,12-9-,19-16-,20-17-,21-18-,28-25-,29-26-,30-27-,37-34-,38-35-,39-36-,44-42-,48-43-,60-57-. The van der Waals surface area contributed by atoms with Crippen LogP contribution in [0.2, 0.25) is 0 Å². The number of aliphatic hydroxyl groups is 2. The number of carbonyl (C=O) groups is 3. The number of carbonyl (C=O) groups excluding carboxylic acids is 3. The summed E-state index contributed by atoms with van der Waals surface area (Å²) in [6, 6.07) is 0. The molecule has 0 saturated heterocycles. The number of ether oxygens (including phenoxy) is 3. The van der Waals surface area contributed by atoms with E-state index in [1.165, 1.54) is 141 Å². The topological polar surface area (TPSA) is 231 Å². The summed E-state index contributed by atoms with van der Waals surface area (Å²) in [4.78, 5) is 59.0. The molecule has 0 aromatic heterocycles. The van der Waals surface area contributed by atoms with E-state index in [0.717, 1.165) is 180 Å². The van der Waals surface area contributed by atoms with Crippen LogP contribution in [0.1, 0.15) is 380 Å². The number of unbranched alkanes of at least 4 members (excludes halogenated alkanes) is 36. The molecular weight excluding hydrogens is 1510 g/mol. The maximum Gasteiger partial charge on any atom is 0.472 e. The van der Waals surface area contributed by atoms with Crippen molar-refractivity contribution in [2.75, 3.05) is 39.6 Å². The summed E-state index contributed by atoms with van der Waals surface area (Å²) in [7, 11) is -9.82. The number of aliphatic hydroxyl groups excluding tert-OH is 2. The first-order valence-electron chi connectivity index (χ1n) is 46.4. The molecule has 0 heterocycles. The van der Waals surface area contributed by atoms with Crippen LogP contribution in [0.15, 0.2) is 170 Å². The molecule has 0 aliphatic carbocycles. The van der Waals surface area contributed by atoms with Crippen LogP contribution in [-0.4, -0.2) is 95.9 Å². The smallest absolute Gasteiger partial charge is 0.463 e. The van der Waals surface area contributed by atoms with Crippen molar-refractivity contribution in [1.82, 2.24) is 0 Å². The average Bonchev–Trinajstić information content (AvgIpc) is 0.901. The van der Waals surface area contributed by atoms with Gasteiger partial charge in [0, 0.05) is 19.3 Å². The van der Waals surface area contributed by atoms with Gasteiger partial charge in [0.15, 0.2) is 6.10 Å². The quantitative estimate of drug-likeness (QED) is 0.0146. The number of phosphoric acid groups is 2. The summed E-state index contributed by atoms with van der Waals surface area (Å²) in [5, 5.41) is 20.7. The lowest BCUT2D eigenvalue weighted by atomic mass is 10.0. The Hall–Kier alpha value is -5.09. The van der Waals surface area contributed by atoms with E-state index in [1.54, 1.807) is 0 Å². The Kier molecular flexibility index (Phi) is 86.2. The van der Waals surface area contributed by atoms with Gasteiger partial charge in [0.25, 0.3) is 0 Å². The molecule has 0 amide bonds. The molecule has 4 N–H and O–H groups in total. The fourth-order valence-electron chi connectivity index (χ4n) is 12.4. The second-order valence-electron chi connectivity index (χ2n) is 30.7. The Balaban J connectivity index is 4.62. The van der Waals surface area contributed by atoms with E-state index in [9.17, 15) is 43.5 Å². The van der Waals surface area contributed by atoms with Crippen molar-refractivity contribution in [2.45, 2.75) is 399 Å². The zero-order chi connectivity index (χ0) is 85.1. The molecular formula is C99H168O16P2. The number of esters is 3. The molecule has 0 aliphatic rings. The Labute approximate surface area is 713 Å². The molecule has 117 heavy (non-hydrogen) atoms. The highest BCUT2D eigenvalue weighted by Gasteiger charge is 2.29. The minimum Gasteiger partial charge on any atom is -0.463 e. The third kappa shape index (κ3) is 91.5. The molecule has 5 unspecified atom stereocenters. The SMILES string of the molecule is CC/C=C\C/C=C\C/C=C\C/C=C\C/C=C\CCCCCCCCCCCCCCCCCC(=O)OCC(O)COP(=O)(O)OCC(O)COP(=O)(O)OCC(COC(=O)CCCCCCCCCCCCC/C=C\C/C=C\C/C=C\C/C=C\CCCCC)OC(=O)CCCCCCCCC/C=C\C/C=C\C/C=C\C/C=C\C/C=C\CC. The van der Waals surface area contributed by atoms with Crippen LogP contribution in [0.3, 0.4) is 0 Å². The molecule has 0 rings (SSSR count). The minimum absolute atomic E-state index is 0.0865. The zero-order valence-corrected chi connectivity index (χ0v) is 75.6. The monoisotopic (exact) mass is 1680 g/mol. The highest BCUT2D eigenvalue weighted by Crippen LogP contribution is 2.45. The van der Waals surface area contributed by atoms with Crippen molar-refractivity contribution >= 4 is 33.6 Å². The van der Waals surface area contributed by atoms with Gasteiger partial charge in [0.05, 0.1) is 26.4 Å². The third-order valence-electron chi connectivity index (χ3n) is 19.4. The van der Waals surface area contributed by atoms with Gasteiger partial charge >= 0.3 is 33.6 Å². The fraction of sp³-hybridized carbons (Fsp3) is 0.687. The third-order valence-corrected chi connectivity index (χ3v) is 21.3. The predicted molar refractivity (Wildman–Crippen MR) is 491 cm³/mol. The normalized spacial score (nSPS) is 14.6. The van der Waals surface area contributed by atoms with E-state index in [4.69, 9.17) is 32.3 Å². The minimum atomic E-state index is -4.95. The van der Waals surface area contributed by atoms with Crippen LogP contribution in [-0.2, 0) is 55.8 Å². The van der Waals surface area contributed by atoms with Gasteiger partial charge in [-0.2, -0.15) is 0 Å². The van der Waals surface area contributed by atoms with Gasteiger partial charge in [-0.15, -0.1) is 0 Å². The van der Waals surface area contributed by atoms with Gasteiger partial charge in [0.1, 0.15) is 25.4 Å². The van der Waals surface area contributed by atoms with Crippen LogP contribution >= 0.6 is 15.6 Å². The Morgan fingerprint density at radius 2 is 0.453 bits per heavy atom. The van der Waals surface area contributed by atoms with Gasteiger partial charge in [-0.25, -0.2) is 9.13 Å². The highest BCUT2D eigenvalue weighted by atomic mass is 31.2. The van der Waals surface area contributed by atoms with Crippen molar-refractivity contribution in [1.29, 1.82) is 0 Å². The molecule has 0 fully saturated rings. The Bertz CT molecular complexity index is 2810. The number of hydrogen-bond donors (Lipinski definition) is 4. The van der Waals surface area contributed by atoms with Crippen LogP contribution < -0.4 is 0 Å². The lowest BCUT2D eigenvalue weighted by Gasteiger charge is -2.21. The van der Waals surface area contributed by atoms with Crippen molar-refractivity contribution in [3.05, 3.63) is 170 Å². The van der Waals surface area contributed by atoms with Crippen LogP contribution in [0, 0.1) is 0 Å². The van der Waals surface area contributed by atoms with Crippen molar-refractivity contribution in [3.8, 4) is 0 Å². The summed E-state index contributed by atoms with van der Waals surface area (Å²) >= 11 is 0. The summed E-state index contributed by atoms with van der Waals surface area (Å²) in [6.45, 7) is 2.46. The molecule has 0 saturated carbocycles. The maximum atomic E-state index is 13.1. The second kappa shape index (κ2) is 90.2. The van der Waals surface area contributed by atoms with Gasteiger partial charge in [0.2, 0.25) is 0 Å². The van der Waals surface area contributed by atoms with Crippen molar-refractivity contribution in [3.63, 3.8) is 0 Å². The maximum absolute atomic E-state index is 13.1. The lowest BCUT2D eigenvalue weighted by molar-refractivity contribution is -0.161. The van der Waals surface area contributed by atoms with E-state index in [2.05, 4.69) is 191 Å². The molecule has 0 aliphatic heterocycles. The van der Waals surface area contributed by atoms with Gasteiger partial charge < -0.3 is 34.2 Å². The summed E-state index contributed by atoms with van der Waals surface area (Å²) in [6.07, 6.45) is 117. The van der Waals surface area contributed by atoms with Crippen molar-refractivity contribution in [2.24, 2.45) is 0 Å². The molecule has 5 atom stereocenters. The summed E-state index contributed by atoms with van der Waals surface area (Å²) < 4.78 is 61.5. The first-order chi connectivity index (χ1) is 57.2. The largest absolute Gasteiger partial charge is 0.472 e. The molecule has 18 heteroatoms. The number of rotatable bonds is 87. The lowest BCUT2D eigenvalue weighted by Crippen LogP contribution is -2.30. The molecule has 0 aromatic carbocycles. The van der Waals surface area contributed by atoms with E-state index in [0.29, 0.717) is 19.3 Å². The zero-order valence-electron chi connectivity index (χ0n) is 73.8. The predicted octanol–water partition coefficient (Wildman–Crippen LogP) is 28.7. The van der Waals surface area contributed by atoms with Crippen LogP contribution in [0.4, 0.5) is 0 Å². The average molecular weight is 1680 g/mol.